The van der Waals surface area contributed by atoms with Crippen LogP contribution in [-0.4, -0.2) is 34.5 Å². The van der Waals surface area contributed by atoms with Crippen molar-refractivity contribution in [3.05, 3.63) is 53.1 Å². The van der Waals surface area contributed by atoms with Gasteiger partial charge in [0.05, 0.1) is 11.4 Å². The zero-order chi connectivity index (χ0) is 20.8. The lowest BCUT2D eigenvalue weighted by Gasteiger charge is -2.18. The lowest BCUT2D eigenvalue weighted by atomic mass is 10.0. The molecule has 0 atom stereocenters. The summed E-state index contributed by atoms with van der Waals surface area (Å²) in [5.74, 6) is -0.631. The molecule has 4 rings (SSSR count). The number of rotatable bonds is 4. The predicted molar refractivity (Wildman–Crippen MR) is 103 cm³/mol. The van der Waals surface area contributed by atoms with E-state index in [1.807, 2.05) is 6.92 Å². The Morgan fingerprint density at radius 3 is 2.69 bits per heavy atom. The molecule has 11 heteroatoms. The number of aromatic nitrogens is 4. The maximum atomic E-state index is 14.5. The first-order valence-electron chi connectivity index (χ1n) is 8.76. The number of anilines is 2. The molecular weight excluding hydrogens is 399 g/mol. The van der Waals surface area contributed by atoms with E-state index < -0.39 is 20.7 Å². The number of halogens is 1. The number of amides is 1. The molecule has 0 spiro atoms. The minimum Gasteiger partial charge on any atom is -0.326 e. The third kappa shape index (κ3) is 3.56. The summed E-state index contributed by atoms with van der Waals surface area (Å²) in [6.07, 6.45) is 0.565. The molecule has 0 aliphatic carbocycles. The average Bonchev–Trinajstić information content (AvgIpc) is 3.08. The number of tetrazole rings is 1. The van der Waals surface area contributed by atoms with Crippen LogP contribution >= 0.6 is 0 Å². The Morgan fingerprint density at radius 2 is 1.97 bits per heavy atom. The summed E-state index contributed by atoms with van der Waals surface area (Å²) in [5.41, 5.74) is 2.54. The summed E-state index contributed by atoms with van der Waals surface area (Å²) in [7, 11) is -4.20. The van der Waals surface area contributed by atoms with Gasteiger partial charge in [-0.15, -0.1) is 5.10 Å². The monoisotopic (exact) mass is 416 g/mol. The van der Waals surface area contributed by atoms with Gasteiger partial charge in [0.25, 0.3) is 10.0 Å². The molecule has 2 heterocycles. The molecular formula is C18H17FN6O3S. The fourth-order valence-electron chi connectivity index (χ4n) is 3.15. The third-order valence-corrected chi connectivity index (χ3v) is 6.05. The van der Waals surface area contributed by atoms with Gasteiger partial charge in [-0.3, -0.25) is 9.52 Å². The fourth-order valence-corrected chi connectivity index (χ4v) is 4.31. The zero-order valence-electron chi connectivity index (χ0n) is 15.6. The number of sulfonamides is 1. The highest BCUT2D eigenvalue weighted by Gasteiger charge is 2.25. The van der Waals surface area contributed by atoms with Crippen LogP contribution in [0.2, 0.25) is 0 Å². The quantitative estimate of drug-likeness (QED) is 0.672. The molecule has 0 bridgehead atoms. The molecule has 1 amide bonds. The van der Waals surface area contributed by atoms with E-state index in [-0.39, 0.29) is 18.0 Å². The smallest absolute Gasteiger partial charge is 0.264 e. The molecule has 9 nitrogen and oxygen atoms in total. The van der Waals surface area contributed by atoms with Gasteiger partial charge in [-0.2, -0.15) is 4.68 Å². The molecule has 2 aromatic carbocycles. The molecule has 0 radical (unpaired) electrons. The Kier molecular flexibility index (Phi) is 4.53. The average molecular weight is 416 g/mol. The highest BCUT2D eigenvalue weighted by atomic mass is 32.2. The number of carbonyl (C=O) groups excluding carboxylic acids is 1. The van der Waals surface area contributed by atoms with E-state index in [1.54, 1.807) is 25.1 Å². The summed E-state index contributed by atoms with van der Waals surface area (Å²) < 4.78 is 44.1. The van der Waals surface area contributed by atoms with Crippen molar-refractivity contribution < 1.29 is 17.6 Å². The van der Waals surface area contributed by atoms with Crippen molar-refractivity contribution in [2.75, 3.05) is 10.0 Å². The number of benzene rings is 2. The van der Waals surface area contributed by atoms with Gasteiger partial charge in [-0.25, -0.2) is 12.8 Å². The van der Waals surface area contributed by atoms with Crippen molar-refractivity contribution in [1.29, 1.82) is 0 Å². The molecule has 0 saturated heterocycles. The zero-order valence-corrected chi connectivity index (χ0v) is 16.4. The van der Waals surface area contributed by atoms with E-state index in [9.17, 15) is 17.6 Å². The van der Waals surface area contributed by atoms with Gasteiger partial charge in [0.2, 0.25) is 5.91 Å². The Balaban J connectivity index is 1.70. The Bertz CT molecular complexity index is 1240. The molecule has 2 N–H and O–H groups in total. The number of hydrogen-bond acceptors (Lipinski definition) is 6. The van der Waals surface area contributed by atoms with Crippen molar-refractivity contribution in [2.45, 2.75) is 31.6 Å². The van der Waals surface area contributed by atoms with Crippen molar-refractivity contribution in [3.63, 3.8) is 0 Å². The van der Waals surface area contributed by atoms with Crippen molar-refractivity contribution in [1.82, 2.24) is 20.2 Å². The van der Waals surface area contributed by atoms with Crippen LogP contribution in [0.4, 0.5) is 15.8 Å². The Morgan fingerprint density at radius 1 is 1.17 bits per heavy atom. The predicted octanol–water partition coefficient (Wildman–Crippen LogP) is 2.10. The summed E-state index contributed by atoms with van der Waals surface area (Å²) in [6, 6.07) is 7.16. The van der Waals surface area contributed by atoms with Gasteiger partial charge >= 0.3 is 0 Å². The van der Waals surface area contributed by atoms with Crippen molar-refractivity contribution in [2.24, 2.45) is 0 Å². The van der Waals surface area contributed by atoms with Crippen LogP contribution in [0.3, 0.4) is 0 Å². The molecule has 1 aliphatic heterocycles. The minimum absolute atomic E-state index is 0.220. The third-order valence-electron chi connectivity index (χ3n) is 4.66. The van der Waals surface area contributed by atoms with Crippen molar-refractivity contribution in [3.8, 4) is 5.69 Å². The first-order chi connectivity index (χ1) is 13.7. The van der Waals surface area contributed by atoms with E-state index >= 15 is 0 Å². The Hall–Kier alpha value is -3.34. The lowest BCUT2D eigenvalue weighted by Crippen LogP contribution is -2.21. The maximum Gasteiger partial charge on any atom is 0.264 e. The Labute approximate surface area is 166 Å². The number of nitrogens with zero attached hydrogens (tertiary/aromatic N) is 4. The van der Waals surface area contributed by atoms with E-state index in [1.165, 1.54) is 10.7 Å². The van der Waals surface area contributed by atoms with Gasteiger partial charge in [-0.05, 0) is 66.1 Å². The van der Waals surface area contributed by atoms with Gasteiger partial charge in [0.15, 0.2) is 5.82 Å². The highest BCUT2D eigenvalue weighted by molar-refractivity contribution is 7.92. The topological polar surface area (TPSA) is 119 Å². The highest BCUT2D eigenvalue weighted by Crippen LogP contribution is 2.29. The molecule has 0 fully saturated rings. The van der Waals surface area contributed by atoms with Gasteiger partial charge in [-0.1, -0.05) is 6.07 Å². The summed E-state index contributed by atoms with van der Waals surface area (Å²) in [6.45, 7) is 3.56. The fraction of sp³-hybridized carbons (Fsp3) is 0.222. The van der Waals surface area contributed by atoms with E-state index in [4.69, 9.17) is 0 Å². The number of aryl methyl sites for hydroxylation is 3. The van der Waals surface area contributed by atoms with Crippen LogP contribution in [0.15, 0.2) is 35.2 Å². The van der Waals surface area contributed by atoms with Gasteiger partial charge in [0.1, 0.15) is 10.7 Å². The largest absolute Gasteiger partial charge is 0.326 e. The maximum absolute atomic E-state index is 14.5. The molecule has 150 valence electrons. The molecule has 1 aromatic heterocycles. The van der Waals surface area contributed by atoms with Crippen LogP contribution in [0.1, 0.15) is 23.4 Å². The minimum atomic E-state index is -4.20. The van der Waals surface area contributed by atoms with Crippen LogP contribution in [0, 0.1) is 19.7 Å². The molecule has 0 saturated carbocycles. The molecule has 3 aromatic rings. The molecule has 1 aliphatic rings. The van der Waals surface area contributed by atoms with Crippen LogP contribution in [0.5, 0.6) is 0 Å². The van der Waals surface area contributed by atoms with Crippen LogP contribution in [-0.2, 0) is 21.2 Å². The van der Waals surface area contributed by atoms with E-state index in [0.717, 1.165) is 11.6 Å². The number of fused-ring (bicyclic) bond motifs is 1. The molecule has 0 unspecified atom stereocenters. The van der Waals surface area contributed by atoms with Crippen LogP contribution < -0.4 is 10.0 Å². The van der Waals surface area contributed by atoms with Gasteiger partial charge < -0.3 is 5.32 Å². The SMILES string of the molecule is Cc1ccc(NS(=O)(=O)c2cc3c(cc2F)NC(=O)CC3)cc1-n1nnnc1C. The molecule has 29 heavy (non-hydrogen) atoms. The van der Waals surface area contributed by atoms with Gasteiger partial charge in [0, 0.05) is 12.1 Å². The summed E-state index contributed by atoms with van der Waals surface area (Å²) in [4.78, 5) is 11.0. The second kappa shape index (κ2) is 6.92. The first kappa shape index (κ1) is 19.0. The van der Waals surface area contributed by atoms with E-state index in [2.05, 4.69) is 25.6 Å². The van der Waals surface area contributed by atoms with E-state index in [0.29, 0.717) is 29.2 Å². The number of carbonyl (C=O) groups is 1. The van der Waals surface area contributed by atoms with Crippen molar-refractivity contribution >= 4 is 27.3 Å². The lowest BCUT2D eigenvalue weighted by molar-refractivity contribution is -0.116. The second-order valence-electron chi connectivity index (χ2n) is 6.73. The first-order valence-corrected chi connectivity index (χ1v) is 10.2. The van der Waals surface area contributed by atoms with Crippen LogP contribution in [0.25, 0.3) is 5.69 Å². The summed E-state index contributed by atoms with van der Waals surface area (Å²) in [5, 5.41) is 13.9. The summed E-state index contributed by atoms with van der Waals surface area (Å²) >= 11 is 0. The number of nitrogens with one attached hydrogen (secondary N) is 2. The standard InChI is InChI=1S/C18H17FN6O3S/c1-10-3-5-13(8-16(10)25-11(2)21-23-24-25)22-29(27,28)17-7-12-4-6-18(26)20-15(12)9-14(17)19/h3,5,7-9,22H,4,6H2,1-2H3,(H,20,26). The second-order valence-corrected chi connectivity index (χ2v) is 8.38. The number of hydrogen-bond donors (Lipinski definition) is 2. The normalized spacial score (nSPS) is 13.7.